The zero-order valence-corrected chi connectivity index (χ0v) is 14.0. The summed E-state index contributed by atoms with van der Waals surface area (Å²) in [6, 6.07) is 9.30. The van der Waals surface area contributed by atoms with Crippen molar-refractivity contribution in [2.24, 2.45) is 0 Å². The highest BCUT2D eigenvalue weighted by molar-refractivity contribution is 5.89. The molecule has 122 valence electrons. The van der Waals surface area contributed by atoms with E-state index in [1.54, 1.807) is 18.3 Å². The normalized spacial score (nSPS) is 11.7. The van der Waals surface area contributed by atoms with Gasteiger partial charge in [0.1, 0.15) is 5.75 Å². The van der Waals surface area contributed by atoms with E-state index in [9.17, 15) is 4.79 Å². The Labute approximate surface area is 137 Å². The van der Waals surface area contributed by atoms with Crippen LogP contribution in [0.1, 0.15) is 31.4 Å². The number of amides is 2. The van der Waals surface area contributed by atoms with Crippen molar-refractivity contribution in [3.8, 4) is 11.6 Å². The van der Waals surface area contributed by atoms with E-state index in [-0.39, 0.29) is 12.1 Å². The third kappa shape index (κ3) is 4.98. The molecule has 0 saturated carbocycles. The van der Waals surface area contributed by atoms with Gasteiger partial charge < -0.3 is 15.4 Å². The maximum Gasteiger partial charge on any atom is 0.319 e. The van der Waals surface area contributed by atoms with E-state index in [4.69, 9.17) is 4.74 Å². The summed E-state index contributed by atoms with van der Waals surface area (Å²) >= 11 is 0. The molecule has 0 aliphatic carbocycles. The number of ether oxygens (including phenoxy) is 1. The van der Waals surface area contributed by atoms with Crippen molar-refractivity contribution in [1.82, 2.24) is 10.3 Å². The summed E-state index contributed by atoms with van der Waals surface area (Å²) < 4.78 is 5.72. The van der Waals surface area contributed by atoms with Crippen molar-refractivity contribution in [3.05, 3.63) is 47.7 Å². The number of hydrogen-bond donors (Lipinski definition) is 2. The zero-order valence-electron chi connectivity index (χ0n) is 14.0. The number of nitrogens with one attached hydrogen (secondary N) is 2. The fourth-order valence-electron chi connectivity index (χ4n) is 1.91. The van der Waals surface area contributed by atoms with Gasteiger partial charge in [-0.25, -0.2) is 9.78 Å². The second-order valence-electron chi connectivity index (χ2n) is 5.64. The van der Waals surface area contributed by atoms with Crippen molar-refractivity contribution in [3.63, 3.8) is 0 Å². The van der Waals surface area contributed by atoms with Crippen LogP contribution >= 0.6 is 0 Å². The number of hydrogen-bond acceptors (Lipinski definition) is 3. The monoisotopic (exact) mass is 313 g/mol. The maximum absolute atomic E-state index is 11.7. The first-order valence-electron chi connectivity index (χ1n) is 7.76. The molecule has 0 spiro atoms. The molecule has 1 heterocycles. The second-order valence-corrected chi connectivity index (χ2v) is 5.64. The van der Waals surface area contributed by atoms with Crippen LogP contribution in [-0.4, -0.2) is 17.1 Å². The molecule has 1 aromatic heterocycles. The Bertz CT molecular complexity index is 668. The van der Waals surface area contributed by atoms with Crippen molar-refractivity contribution >= 4 is 11.7 Å². The van der Waals surface area contributed by atoms with Gasteiger partial charge in [0.2, 0.25) is 5.88 Å². The van der Waals surface area contributed by atoms with Gasteiger partial charge in [0.05, 0.1) is 11.9 Å². The molecule has 1 atom stereocenters. The third-order valence-electron chi connectivity index (χ3n) is 3.68. The van der Waals surface area contributed by atoms with Crippen LogP contribution in [0.2, 0.25) is 0 Å². The van der Waals surface area contributed by atoms with E-state index in [1.807, 2.05) is 39.0 Å². The summed E-state index contributed by atoms with van der Waals surface area (Å²) in [5, 5.41) is 5.58. The first-order valence-corrected chi connectivity index (χ1v) is 7.76. The number of carbonyl (C=O) groups is 1. The Balaban J connectivity index is 1.96. The van der Waals surface area contributed by atoms with Crippen LogP contribution in [0.5, 0.6) is 11.6 Å². The van der Waals surface area contributed by atoms with Gasteiger partial charge in [-0.2, -0.15) is 0 Å². The largest absolute Gasteiger partial charge is 0.439 e. The summed E-state index contributed by atoms with van der Waals surface area (Å²) in [5.74, 6) is 1.23. The van der Waals surface area contributed by atoms with Crippen molar-refractivity contribution in [2.75, 3.05) is 5.32 Å². The van der Waals surface area contributed by atoms with Gasteiger partial charge in [0.15, 0.2) is 0 Å². The summed E-state index contributed by atoms with van der Waals surface area (Å²) in [4.78, 5) is 16.0. The highest BCUT2D eigenvalue weighted by Crippen LogP contribution is 2.22. The van der Waals surface area contributed by atoms with Crippen LogP contribution in [0.3, 0.4) is 0 Å². The third-order valence-corrected chi connectivity index (χ3v) is 3.68. The molecular formula is C18H23N3O2. The Kier molecular flexibility index (Phi) is 5.57. The van der Waals surface area contributed by atoms with E-state index in [1.165, 1.54) is 11.1 Å². The number of benzene rings is 1. The molecule has 1 aromatic carbocycles. The van der Waals surface area contributed by atoms with E-state index < -0.39 is 0 Å². The molecule has 2 rings (SSSR count). The fourth-order valence-corrected chi connectivity index (χ4v) is 1.91. The number of rotatable bonds is 5. The molecule has 23 heavy (non-hydrogen) atoms. The first kappa shape index (κ1) is 16.8. The molecule has 0 fully saturated rings. The van der Waals surface area contributed by atoms with Gasteiger partial charge >= 0.3 is 6.03 Å². The zero-order chi connectivity index (χ0) is 16.8. The topological polar surface area (TPSA) is 63.2 Å². The van der Waals surface area contributed by atoms with Gasteiger partial charge in [-0.1, -0.05) is 13.0 Å². The van der Waals surface area contributed by atoms with E-state index >= 15 is 0 Å². The number of aryl methyl sites for hydroxylation is 2. The van der Waals surface area contributed by atoms with Gasteiger partial charge in [-0.15, -0.1) is 0 Å². The lowest BCUT2D eigenvalue weighted by Gasteiger charge is -2.12. The number of pyridine rings is 1. The van der Waals surface area contributed by atoms with Crippen molar-refractivity contribution in [2.45, 2.75) is 40.2 Å². The smallest absolute Gasteiger partial charge is 0.319 e. The quantitative estimate of drug-likeness (QED) is 0.859. The maximum atomic E-state index is 11.7. The molecule has 0 radical (unpaired) electrons. The number of nitrogens with zero attached hydrogens (tertiary/aromatic N) is 1. The minimum Gasteiger partial charge on any atom is -0.439 e. The molecular weight excluding hydrogens is 290 g/mol. The van der Waals surface area contributed by atoms with E-state index in [0.29, 0.717) is 11.6 Å². The molecule has 0 aliphatic heterocycles. The predicted octanol–water partition coefficient (Wildman–Crippen LogP) is 4.41. The minimum atomic E-state index is -0.232. The molecule has 2 amide bonds. The van der Waals surface area contributed by atoms with Crippen LogP contribution < -0.4 is 15.4 Å². The van der Waals surface area contributed by atoms with Crippen LogP contribution in [-0.2, 0) is 0 Å². The van der Waals surface area contributed by atoms with Gasteiger partial charge in [-0.3, -0.25) is 0 Å². The SMILES string of the molecule is CCC(C)NC(=O)Nc1ccc(Oc2ccc(C)c(C)c2)nc1. The van der Waals surface area contributed by atoms with Crippen LogP contribution in [0.15, 0.2) is 36.5 Å². The van der Waals surface area contributed by atoms with Gasteiger partial charge in [0.25, 0.3) is 0 Å². The lowest BCUT2D eigenvalue weighted by atomic mass is 10.1. The average molecular weight is 313 g/mol. The Morgan fingerprint density at radius 3 is 2.61 bits per heavy atom. The molecule has 5 heteroatoms. The van der Waals surface area contributed by atoms with Crippen LogP contribution in [0.25, 0.3) is 0 Å². The van der Waals surface area contributed by atoms with Crippen molar-refractivity contribution < 1.29 is 9.53 Å². The van der Waals surface area contributed by atoms with E-state index in [2.05, 4.69) is 22.5 Å². The summed E-state index contributed by atoms with van der Waals surface area (Å²) in [5.41, 5.74) is 3.01. The molecule has 0 aliphatic rings. The lowest BCUT2D eigenvalue weighted by Crippen LogP contribution is -2.35. The predicted molar refractivity (Wildman–Crippen MR) is 92.1 cm³/mol. The molecule has 2 N–H and O–H groups in total. The Morgan fingerprint density at radius 1 is 1.22 bits per heavy atom. The first-order chi connectivity index (χ1) is 11.0. The highest BCUT2D eigenvalue weighted by atomic mass is 16.5. The van der Waals surface area contributed by atoms with Gasteiger partial charge in [-0.05, 0) is 56.5 Å². The number of urea groups is 1. The summed E-state index contributed by atoms with van der Waals surface area (Å²) in [6.07, 6.45) is 2.46. The Hall–Kier alpha value is -2.56. The Morgan fingerprint density at radius 2 is 2.00 bits per heavy atom. The van der Waals surface area contributed by atoms with Crippen LogP contribution in [0.4, 0.5) is 10.5 Å². The highest BCUT2D eigenvalue weighted by Gasteiger charge is 2.06. The summed E-state index contributed by atoms with van der Waals surface area (Å²) in [7, 11) is 0. The molecule has 0 bridgehead atoms. The summed E-state index contributed by atoms with van der Waals surface area (Å²) in [6.45, 7) is 8.07. The average Bonchev–Trinajstić information content (AvgIpc) is 2.52. The van der Waals surface area contributed by atoms with Gasteiger partial charge in [0, 0.05) is 12.1 Å². The number of anilines is 1. The van der Waals surface area contributed by atoms with E-state index in [0.717, 1.165) is 12.2 Å². The second kappa shape index (κ2) is 7.63. The molecule has 0 saturated heterocycles. The minimum absolute atomic E-state index is 0.135. The lowest BCUT2D eigenvalue weighted by molar-refractivity contribution is 0.249. The van der Waals surface area contributed by atoms with Crippen LogP contribution in [0, 0.1) is 13.8 Å². The number of carbonyl (C=O) groups excluding carboxylic acids is 1. The van der Waals surface area contributed by atoms with Crippen molar-refractivity contribution in [1.29, 1.82) is 0 Å². The number of aromatic nitrogens is 1. The molecule has 1 unspecified atom stereocenters. The molecule has 2 aromatic rings. The standard InChI is InChI=1S/C18H23N3O2/c1-5-14(4)20-18(22)21-15-7-9-17(19-11-15)23-16-8-6-12(2)13(3)10-16/h6-11,14H,5H2,1-4H3,(H2,20,21,22). The molecule has 5 nitrogen and oxygen atoms in total. The fraction of sp³-hybridized carbons (Fsp3) is 0.333.